The molecule has 1 atom stereocenters. The van der Waals surface area contributed by atoms with E-state index in [0.29, 0.717) is 0 Å². The van der Waals surface area contributed by atoms with Crippen molar-refractivity contribution in [3.8, 4) is 0 Å². The fourth-order valence-electron chi connectivity index (χ4n) is 2.72. The number of hydrogen-bond donors (Lipinski definition) is 1. The average Bonchev–Trinajstić information content (AvgIpc) is 2.80. The zero-order valence-electron chi connectivity index (χ0n) is 17.5. The molecule has 0 unspecified atom stereocenters. The molecule has 0 saturated carbocycles. The van der Waals surface area contributed by atoms with Crippen molar-refractivity contribution in [3.05, 3.63) is 70.3 Å². The third-order valence-electron chi connectivity index (χ3n) is 4.47. The number of nitrogens with one attached hydrogen (secondary N) is 1. The van der Waals surface area contributed by atoms with E-state index in [2.05, 4.69) is 10.1 Å². The highest BCUT2D eigenvalue weighted by Crippen LogP contribution is 2.25. The van der Waals surface area contributed by atoms with Gasteiger partial charge in [-0.25, -0.2) is 22.3 Å². The molecule has 0 saturated heterocycles. The second-order valence-electron chi connectivity index (χ2n) is 6.62. The van der Waals surface area contributed by atoms with Gasteiger partial charge in [-0.1, -0.05) is 42.5 Å². The van der Waals surface area contributed by atoms with E-state index in [-0.39, 0.29) is 19.6 Å². The number of methoxy groups -OCH3 is 1. The third kappa shape index (κ3) is 6.49. The number of carbonyl (C=O) groups excluding carboxylic acids is 2. The summed E-state index contributed by atoms with van der Waals surface area (Å²) < 4.78 is 36.2. The average molecular weight is 465 g/mol. The summed E-state index contributed by atoms with van der Waals surface area (Å²) in [4.78, 5) is 34.0. The van der Waals surface area contributed by atoms with Gasteiger partial charge < -0.3 is 14.8 Å². The Balaban J connectivity index is 2.04. The summed E-state index contributed by atoms with van der Waals surface area (Å²) >= 11 is 0. The van der Waals surface area contributed by atoms with Crippen LogP contribution < -0.4 is 5.32 Å². The molecule has 0 aromatic heterocycles. The quantitative estimate of drug-likeness (QED) is 0.319. The molecule has 2 rings (SSSR count). The number of esters is 1. The number of carbonyl (C=O) groups is 2. The first-order valence-electron chi connectivity index (χ1n) is 9.41. The number of sulfonamides is 1. The van der Waals surface area contributed by atoms with E-state index >= 15 is 0 Å². The Hall–Kier alpha value is -3.51. The van der Waals surface area contributed by atoms with Crippen molar-refractivity contribution in [3.63, 3.8) is 0 Å². The predicted octanol–water partition coefficient (Wildman–Crippen LogP) is 2.07. The van der Waals surface area contributed by atoms with Gasteiger partial charge in [-0.05, 0) is 18.1 Å². The second-order valence-corrected chi connectivity index (χ2v) is 8.64. The summed E-state index contributed by atoms with van der Waals surface area (Å²) in [6, 6.07) is 12.6. The SMILES string of the molecule is COC(=O)[C@H](CCN(C)S(=O)(=O)c1ccccc1[N+](=O)[O-])NC(=O)OCc1ccccc1. The Morgan fingerprint density at radius 1 is 1.12 bits per heavy atom. The molecule has 11 nitrogen and oxygen atoms in total. The molecule has 0 heterocycles. The van der Waals surface area contributed by atoms with Crippen LogP contribution in [-0.2, 0) is 30.9 Å². The molecule has 172 valence electrons. The minimum Gasteiger partial charge on any atom is -0.467 e. The molecule has 0 spiro atoms. The van der Waals surface area contributed by atoms with E-state index in [4.69, 9.17) is 4.74 Å². The van der Waals surface area contributed by atoms with Gasteiger partial charge in [0.1, 0.15) is 12.6 Å². The number of nitro groups is 1. The van der Waals surface area contributed by atoms with Gasteiger partial charge in [0.2, 0.25) is 10.0 Å². The Kier molecular flexibility index (Phi) is 8.67. The lowest BCUT2D eigenvalue weighted by Crippen LogP contribution is -2.44. The van der Waals surface area contributed by atoms with E-state index in [9.17, 15) is 28.1 Å². The van der Waals surface area contributed by atoms with Gasteiger partial charge in [-0.3, -0.25) is 10.1 Å². The number of rotatable bonds is 10. The highest BCUT2D eigenvalue weighted by atomic mass is 32.2. The fourth-order valence-corrected chi connectivity index (χ4v) is 4.06. The lowest BCUT2D eigenvalue weighted by atomic mass is 10.2. The van der Waals surface area contributed by atoms with E-state index in [1.54, 1.807) is 24.3 Å². The van der Waals surface area contributed by atoms with Crippen LogP contribution in [0.4, 0.5) is 10.5 Å². The fraction of sp³-hybridized carbons (Fsp3) is 0.300. The molecule has 12 heteroatoms. The number of nitro benzene ring substituents is 1. The summed E-state index contributed by atoms with van der Waals surface area (Å²) in [6.07, 6.45) is -1.03. The topological polar surface area (TPSA) is 145 Å². The molecule has 0 aliphatic rings. The Labute approximate surface area is 185 Å². The van der Waals surface area contributed by atoms with Crippen LogP contribution in [0, 0.1) is 10.1 Å². The number of hydrogen-bond acceptors (Lipinski definition) is 8. The minimum atomic E-state index is -4.22. The van der Waals surface area contributed by atoms with Gasteiger partial charge in [-0.2, -0.15) is 0 Å². The van der Waals surface area contributed by atoms with Crippen LogP contribution >= 0.6 is 0 Å². The van der Waals surface area contributed by atoms with Crippen LogP contribution in [0.1, 0.15) is 12.0 Å². The largest absolute Gasteiger partial charge is 0.467 e. The Bertz CT molecular complexity index is 1060. The van der Waals surface area contributed by atoms with Gasteiger partial charge in [0.25, 0.3) is 5.69 Å². The Morgan fingerprint density at radius 3 is 2.38 bits per heavy atom. The molecular formula is C20H23N3O8S. The summed E-state index contributed by atoms with van der Waals surface area (Å²) in [6.45, 7) is -0.250. The number of amides is 1. The van der Waals surface area contributed by atoms with Gasteiger partial charge in [-0.15, -0.1) is 0 Å². The predicted molar refractivity (Wildman–Crippen MR) is 113 cm³/mol. The van der Waals surface area contributed by atoms with Gasteiger partial charge in [0, 0.05) is 19.7 Å². The van der Waals surface area contributed by atoms with Crippen LogP contribution in [0.15, 0.2) is 59.5 Å². The van der Waals surface area contributed by atoms with Crippen LogP contribution in [0.25, 0.3) is 0 Å². The van der Waals surface area contributed by atoms with Crippen molar-refractivity contribution in [1.29, 1.82) is 0 Å². The first kappa shape index (κ1) is 24.8. The third-order valence-corrected chi connectivity index (χ3v) is 6.38. The summed E-state index contributed by atoms with van der Waals surface area (Å²) in [5.74, 6) is -0.793. The molecule has 1 N–H and O–H groups in total. The smallest absolute Gasteiger partial charge is 0.408 e. The van der Waals surface area contributed by atoms with Crippen LogP contribution in [0.2, 0.25) is 0 Å². The van der Waals surface area contributed by atoms with E-state index < -0.39 is 43.6 Å². The molecule has 32 heavy (non-hydrogen) atoms. The van der Waals surface area contributed by atoms with Gasteiger partial charge in [0.15, 0.2) is 4.90 Å². The van der Waals surface area contributed by atoms with Crippen molar-refractivity contribution in [2.24, 2.45) is 0 Å². The lowest BCUT2D eigenvalue weighted by molar-refractivity contribution is -0.387. The molecule has 0 radical (unpaired) electrons. The normalized spacial score (nSPS) is 12.1. The monoisotopic (exact) mass is 465 g/mol. The van der Waals surface area contributed by atoms with Crippen LogP contribution in [0.5, 0.6) is 0 Å². The molecule has 0 aliphatic heterocycles. The number of nitrogens with zero attached hydrogens (tertiary/aromatic N) is 2. The Morgan fingerprint density at radius 2 is 1.75 bits per heavy atom. The second kappa shape index (κ2) is 11.2. The standard InChI is InChI=1S/C20H23N3O8S/c1-22(32(28,29)18-11-7-6-10-17(18)23(26)27)13-12-16(19(24)30-2)21-20(25)31-14-15-8-4-3-5-9-15/h3-11,16H,12-14H2,1-2H3,(H,21,25)/t16-/m0/s1. The highest BCUT2D eigenvalue weighted by Gasteiger charge is 2.31. The maximum Gasteiger partial charge on any atom is 0.408 e. The van der Waals surface area contributed by atoms with Crippen molar-refractivity contribution < 1.29 is 32.4 Å². The van der Waals surface area contributed by atoms with Gasteiger partial charge in [0.05, 0.1) is 12.0 Å². The van der Waals surface area contributed by atoms with Crippen molar-refractivity contribution in [1.82, 2.24) is 9.62 Å². The van der Waals surface area contributed by atoms with Crippen molar-refractivity contribution in [2.45, 2.75) is 24.0 Å². The minimum absolute atomic E-state index is 0.0213. The summed E-state index contributed by atoms with van der Waals surface area (Å²) in [5, 5.41) is 13.5. The molecule has 1 amide bonds. The van der Waals surface area contributed by atoms with Gasteiger partial charge >= 0.3 is 12.1 Å². The number of benzene rings is 2. The van der Waals surface area contributed by atoms with Crippen LogP contribution in [-0.4, -0.2) is 56.5 Å². The highest BCUT2D eigenvalue weighted by molar-refractivity contribution is 7.89. The maximum atomic E-state index is 12.8. The summed E-state index contributed by atoms with van der Waals surface area (Å²) in [5.41, 5.74) is 0.180. The van der Waals surface area contributed by atoms with E-state index in [1.165, 1.54) is 19.2 Å². The first-order valence-corrected chi connectivity index (χ1v) is 10.9. The first-order chi connectivity index (χ1) is 15.2. The molecular weight excluding hydrogens is 442 g/mol. The maximum absolute atomic E-state index is 12.8. The zero-order valence-corrected chi connectivity index (χ0v) is 18.3. The van der Waals surface area contributed by atoms with E-state index in [0.717, 1.165) is 29.1 Å². The van der Waals surface area contributed by atoms with Crippen molar-refractivity contribution in [2.75, 3.05) is 20.7 Å². The lowest BCUT2D eigenvalue weighted by Gasteiger charge is -2.21. The molecule has 2 aromatic rings. The number of ether oxygens (including phenoxy) is 2. The number of para-hydroxylation sites is 1. The van der Waals surface area contributed by atoms with Crippen LogP contribution in [0.3, 0.4) is 0 Å². The molecule has 2 aromatic carbocycles. The molecule has 0 fully saturated rings. The summed E-state index contributed by atoms with van der Waals surface area (Å²) in [7, 11) is -1.88. The molecule has 0 bridgehead atoms. The van der Waals surface area contributed by atoms with E-state index in [1.807, 2.05) is 6.07 Å². The molecule has 0 aliphatic carbocycles. The number of alkyl carbamates (subject to hydrolysis) is 1. The van der Waals surface area contributed by atoms with Crippen molar-refractivity contribution >= 4 is 27.8 Å². The zero-order chi connectivity index (χ0) is 23.7.